The summed E-state index contributed by atoms with van der Waals surface area (Å²) in [6.45, 7) is 4.09. The van der Waals surface area contributed by atoms with Crippen molar-refractivity contribution in [3.8, 4) is 0 Å². The molecule has 3 N–H and O–H groups in total. The quantitative estimate of drug-likeness (QED) is 0.0703. The topological polar surface area (TPSA) is 105 Å². The molecule has 7 heteroatoms. The number of ether oxygens (including phenoxy) is 3. The van der Waals surface area contributed by atoms with Gasteiger partial charge in [0.25, 0.3) is 0 Å². The normalized spacial score (nSPS) is 27.4. The average molecular weight is 623 g/mol. The van der Waals surface area contributed by atoms with Crippen molar-refractivity contribution in [2.24, 2.45) is 0 Å². The summed E-state index contributed by atoms with van der Waals surface area (Å²) < 4.78 is 17.7. The molecule has 0 aromatic rings. The minimum atomic E-state index is -0.463. The summed E-state index contributed by atoms with van der Waals surface area (Å²) in [4.78, 5) is 11.7. The molecule has 0 radical (unpaired) electrons. The van der Waals surface area contributed by atoms with Gasteiger partial charge in [-0.25, -0.2) is 4.79 Å². The molecule has 5 unspecified atom stereocenters. The van der Waals surface area contributed by atoms with E-state index in [1.807, 2.05) is 13.0 Å². The zero-order valence-electron chi connectivity index (χ0n) is 28.1. The third-order valence-corrected chi connectivity index (χ3v) is 10.0. The van der Waals surface area contributed by atoms with Crippen molar-refractivity contribution >= 4 is 5.97 Å². The van der Waals surface area contributed by atoms with Crippen LogP contribution in [0.4, 0.5) is 0 Å². The van der Waals surface area contributed by atoms with Crippen LogP contribution in [0.3, 0.4) is 0 Å². The molecular weight excluding hydrogens is 556 g/mol. The molecule has 0 amide bonds. The Bertz CT molecular complexity index is 801. The van der Waals surface area contributed by atoms with E-state index in [1.165, 1.54) is 70.6 Å². The van der Waals surface area contributed by atoms with Crippen LogP contribution in [0.2, 0.25) is 0 Å². The first-order valence-electron chi connectivity index (χ1n) is 18.6. The maximum absolute atomic E-state index is 11.7. The first-order valence-corrected chi connectivity index (χ1v) is 18.6. The molecule has 0 spiro atoms. The van der Waals surface area contributed by atoms with Gasteiger partial charge in [0.15, 0.2) is 0 Å². The molecular formula is C37H66O7. The Kier molecular flexibility index (Phi) is 18.5. The summed E-state index contributed by atoms with van der Waals surface area (Å²) in [5.41, 5.74) is 0.617. The van der Waals surface area contributed by atoms with Crippen molar-refractivity contribution in [2.75, 3.05) is 0 Å². The summed E-state index contributed by atoms with van der Waals surface area (Å²) in [7, 11) is 0. The lowest BCUT2D eigenvalue weighted by Gasteiger charge is -2.24. The monoisotopic (exact) mass is 622 g/mol. The minimum Gasteiger partial charge on any atom is -0.455 e. The van der Waals surface area contributed by atoms with Gasteiger partial charge in [-0.3, -0.25) is 0 Å². The van der Waals surface area contributed by atoms with Crippen molar-refractivity contribution in [1.82, 2.24) is 0 Å². The van der Waals surface area contributed by atoms with E-state index >= 15 is 0 Å². The van der Waals surface area contributed by atoms with Crippen LogP contribution in [-0.4, -0.2) is 70.1 Å². The molecule has 2 fully saturated rings. The van der Waals surface area contributed by atoms with E-state index in [0.717, 1.165) is 77.0 Å². The number of unbranched alkanes of at least 4 members (excludes halogenated alkanes) is 14. The molecule has 44 heavy (non-hydrogen) atoms. The highest BCUT2D eigenvalue weighted by atomic mass is 16.6. The number of cyclic esters (lactones) is 1. The number of esters is 1. The molecule has 3 rings (SSSR count). The molecule has 0 aliphatic carbocycles. The highest BCUT2D eigenvalue weighted by Gasteiger charge is 2.40. The van der Waals surface area contributed by atoms with Crippen molar-refractivity contribution < 1.29 is 34.3 Å². The second kappa shape index (κ2) is 21.7. The fourth-order valence-corrected chi connectivity index (χ4v) is 7.28. The lowest BCUT2D eigenvalue weighted by Crippen LogP contribution is -2.33. The highest BCUT2D eigenvalue weighted by Crippen LogP contribution is 2.34. The maximum atomic E-state index is 11.7. The smallest absolute Gasteiger partial charge is 0.334 e. The number of carbonyl (C=O) groups is 1. The molecule has 3 heterocycles. The standard InChI is InChI=1S/C37H66O7/c1-3-4-5-6-7-11-14-17-20-31(39)33-22-24-35(43-33)36-25-23-34(44-36)32(40)21-18-15-12-9-8-10-13-16-19-30(38)27-29-26-28(2)42-37(29)41/h26,28,30-36,38-40H,3-25,27H2,1-2H3/t28?,30?,31?,32-,33-,34-,35?,36?/m1/s1. The summed E-state index contributed by atoms with van der Waals surface area (Å²) >= 11 is 0. The van der Waals surface area contributed by atoms with E-state index in [1.54, 1.807) is 0 Å². The Labute approximate surface area is 268 Å². The number of hydrogen-bond donors (Lipinski definition) is 3. The molecule has 256 valence electrons. The van der Waals surface area contributed by atoms with E-state index in [9.17, 15) is 20.1 Å². The van der Waals surface area contributed by atoms with Crippen LogP contribution in [0, 0.1) is 0 Å². The van der Waals surface area contributed by atoms with Crippen LogP contribution in [0.5, 0.6) is 0 Å². The van der Waals surface area contributed by atoms with E-state index in [-0.39, 0.29) is 42.6 Å². The molecule has 3 aliphatic heterocycles. The Morgan fingerprint density at radius 3 is 1.52 bits per heavy atom. The molecule has 3 aliphatic rings. The minimum absolute atomic E-state index is 0.0519. The third kappa shape index (κ3) is 14.2. The third-order valence-electron chi connectivity index (χ3n) is 10.0. The van der Waals surface area contributed by atoms with Gasteiger partial charge in [0, 0.05) is 12.0 Å². The van der Waals surface area contributed by atoms with Gasteiger partial charge in [-0.15, -0.1) is 0 Å². The van der Waals surface area contributed by atoms with Crippen molar-refractivity contribution in [3.63, 3.8) is 0 Å². The maximum Gasteiger partial charge on any atom is 0.334 e. The van der Waals surface area contributed by atoms with Crippen LogP contribution >= 0.6 is 0 Å². The summed E-state index contributed by atoms with van der Waals surface area (Å²) in [6.07, 6.45) is 26.1. The van der Waals surface area contributed by atoms with Crippen LogP contribution in [0.25, 0.3) is 0 Å². The van der Waals surface area contributed by atoms with Gasteiger partial charge in [-0.1, -0.05) is 110 Å². The summed E-state index contributed by atoms with van der Waals surface area (Å²) in [5.74, 6) is -0.281. The van der Waals surface area contributed by atoms with Crippen LogP contribution < -0.4 is 0 Å². The number of carbonyl (C=O) groups excluding carboxylic acids is 1. The average Bonchev–Trinajstić information content (AvgIpc) is 3.75. The van der Waals surface area contributed by atoms with Crippen molar-refractivity contribution in [2.45, 2.75) is 217 Å². The lowest BCUT2D eigenvalue weighted by atomic mass is 10.00. The molecule has 8 atom stereocenters. The molecule has 0 bridgehead atoms. The number of rotatable bonds is 25. The second-order valence-corrected chi connectivity index (χ2v) is 14.0. The van der Waals surface area contributed by atoms with E-state index in [0.29, 0.717) is 12.0 Å². The zero-order valence-corrected chi connectivity index (χ0v) is 28.1. The first-order chi connectivity index (χ1) is 21.4. The Morgan fingerprint density at radius 1 is 0.659 bits per heavy atom. The van der Waals surface area contributed by atoms with Gasteiger partial charge in [0.1, 0.15) is 6.10 Å². The van der Waals surface area contributed by atoms with E-state index in [2.05, 4.69) is 6.92 Å². The van der Waals surface area contributed by atoms with Gasteiger partial charge < -0.3 is 29.5 Å². The molecule has 7 nitrogen and oxygen atoms in total. The second-order valence-electron chi connectivity index (χ2n) is 14.0. The van der Waals surface area contributed by atoms with Gasteiger partial charge in [0.2, 0.25) is 0 Å². The fraction of sp³-hybridized carbons (Fsp3) is 0.919. The largest absolute Gasteiger partial charge is 0.455 e. The van der Waals surface area contributed by atoms with Crippen LogP contribution in [-0.2, 0) is 19.0 Å². The summed E-state index contributed by atoms with van der Waals surface area (Å²) in [5, 5.41) is 31.6. The Morgan fingerprint density at radius 2 is 1.09 bits per heavy atom. The number of aliphatic hydroxyl groups is 3. The van der Waals surface area contributed by atoms with Gasteiger partial charge in [-0.2, -0.15) is 0 Å². The lowest BCUT2D eigenvalue weighted by molar-refractivity contribution is -0.139. The number of aliphatic hydroxyl groups excluding tert-OH is 3. The van der Waals surface area contributed by atoms with Gasteiger partial charge in [0.05, 0.1) is 42.7 Å². The molecule has 2 saturated heterocycles. The molecule has 0 saturated carbocycles. The van der Waals surface area contributed by atoms with Crippen molar-refractivity contribution in [3.05, 3.63) is 11.6 Å². The predicted octanol–water partition coefficient (Wildman–Crippen LogP) is 7.86. The highest BCUT2D eigenvalue weighted by molar-refractivity contribution is 5.90. The van der Waals surface area contributed by atoms with Crippen LogP contribution in [0.1, 0.15) is 168 Å². The molecule has 0 aromatic carbocycles. The van der Waals surface area contributed by atoms with Crippen LogP contribution in [0.15, 0.2) is 11.6 Å². The summed E-state index contributed by atoms with van der Waals surface area (Å²) in [6, 6.07) is 0. The molecule has 0 aromatic heterocycles. The first kappa shape index (κ1) is 37.5. The SMILES string of the molecule is CCCCCCCCCCC(O)[C@H]1CCC(C2CC[C@H]([C@H](O)CCCCCCCCCCC(O)CC3=CC(C)OC3=O)O2)O1. The van der Waals surface area contributed by atoms with Crippen molar-refractivity contribution in [1.29, 1.82) is 0 Å². The van der Waals surface area contributed by atoms with Gasteiger partial charge >= 0.3 is 5.97 Å². The fourth-order valence-electron chi connectivity index (χ4n) is 7.28. The van der Waals surface area contributed by atoms with Gasteiger partial charge in [-0.05, 0) is 57.9 Å². The van der Waals surface area contributed by atoms with E-state index in [4.69, 9.17) is 14.2 Å². The zero-order chi connectivity index (χ0) is 31.6. The van der Waals surface area contributed by atoms with E-state index < -0.39 is 12.2 Å². The Hall–Kier alpha value is -0.990. The predicted molar refractivity (Wildman–Crippen MR) is 175 cm³/mol. The Balaban J connectivity index is 1.13. The number of hydrogen-bond acceptors (Lipinski definition) is 7.